The molecule has 4 heteroatoms. The third-order valence-electron chi connectivity index (χ3n) is 2.99. The highest BCUT2D eigenvalue weighted by Gasteiger charge is 2.34. The van der Waals surface area contributed by atoms with Crippen LogP contribution in [0.5, 0.6) is 0 Å². The number of hydrogen-bond donors (Lipinski definition) is 1. The van der Waals surface area contributed by atoms with Crippen LogP contribution in [0.1, 0.15) is 27.2 Å². The Kier molecular flexibility index (Phi) is 3.73. The summed E-state index contributed by atoms with van der Waals surface area (Å²) in [5, 5.41) is 0. The normalized spacial score (nSPS) is 24.3. The molecule has 0 spiro atoms. The zero-order valence-electron chi connectivity index (χ0n) is 10.1. The van der Waals surface area contributed by atoms with E-state index in [1.165, 1.54) is 0 Å². The molecule has 0 aromatic heterocycles. The molecule has 2 atom stereocenters. The number of rotatable bonds is 2. The molecule has 15 heavy (non-hydrogen) atoms. The lowest BCUT2D eigenvalue weighted by atomic mass is 9.86. The zero-order valence-corrected chi connectivity index (χ0v) is 10.1. The van der Waals surface area contributed by atoms with E-state index in [-0.39, 0.29) is 17.4 Å². The lowest BCUT2D eigenvalue weighted by Gasteiger charge is -2.29. The van der Waals surface area contributed by atoms with Gasteiger partial charge in [-0.05, 0) is 11.8 Å². The summed E-state index contributed by atoms with van der Waals surface area (Å²) < 4.78 is 5.22. The molecule has 1 amide bonds. The lowest BCUT2D eigenvalue weighted by molar-refractivity contribution is -0.134. The third kappa shape index (κ3) is 2.92. The molecule has 1 saturated heterocycles. The number of hydrogen-bond acceptors (Lipinski definition) is 3. The lowest BCUT2D eigenvalue weighted by Crippen LogP contribution is -2.49. The second-order valence-corrected chi connectivity index (χ2v) is 5.27. The van der Waals surface area contributed by atoms with Crippen molar-refractivity contribution in [1.82, 2.24) is 4.90 Å². The summed E-state index contributed by atoms with van der Waals surface area (Å²) in [6.45, 7) is 7.40. The molecule has 0 aliphatic carbocycles. The number of methoxy groups -OCH3 is 1. The van der Waals surface area contributed by atoms with Crippen LogP contribution < -0.4 is 5.73 Å². The van der Waals surface area contributed by atoms with Gasteiger partial charge in [0.2, 0.25) is 5.91 Å². The van der Waals surface area contributed by atoms with Crippen LogP contribution in [0.25, 0.3) is 0 Å². The maximum atomic E-state index is 12.0. The van der Waals surface area contributed by atoms with Crippen molar-refractivity contribution >= 4 is 5.91 Å². The number of nitrogens with two attached hydrogens (primary N) is 1. The predicted molar refractivity (Wildman–Crippen MR) is 59.4 cm³/mol. The van der Waals surface area contributed by atoms with Crippen molar-refractivity contribution in [3.63, 3.8) is 0 Å². The van der Waals surface area contributed by atoms with Gasteiger partial charge in [-0.25, -0.2) is 0 Å². The van der Waals surface area contributed by atoms with Gasteiger partial charge in [0.15, 0.2) is 0 Å². The van der Waals surface area contributed by atoms with Gasteiger partial charge in [0, 0.05) is 20.2 Å². The summed E-state index contributed by atoms with van der Waals surface area (Å²) in [6.07, 6.45) is 1.10. The minimum atomic E-state index is -0.423. The summed E-state index contributed by atoms with van der Waals surface area (Å²) in [5.41, 5.74) is 5.75. The second kappa shape index (κ2) is 4.49. The number of carbonyl (C=O) groups excluding carboxylic acids is 1. The average molecular weight is 214 g/mol. The Morgan fingerprint density at radius 3 is 2.53 bits per heavy atom. The van der Waals surface area contributed by atoms with Crippen LogP contribution in [0.4, 0.5) is 0 Å². The molecule has 0 bridgehead atoms. The van der Waals surface area contributed by atoms with Crippen molar-refractivity contribution < 1.29 is 9.53 Å². The molecule has 1 aliphatic rings. The minimum Gasteiger partial charge on any atom is -0.380 e. The first-order chi connectivity index (χ1) is 6.86. The molecule has 4 nitrogen and oxygen atoms in total. The second-order valence-electron chi connectivity index (χ2n) is 5.27. The third-order valence-corrected chi connectivity index (χ3v) is 2.99. The Balaban J connectivity index is 2.55. The molecular weight excluding hydrogens is 192 g/mol. The van der Waals surface area contributed by atoms with Crippen molar-refractivity contribution in [1.29, 1.82) is 0 Å². The molecule has 0 aromatic carbocycles. The Morgan fingerprint density at radius 1 is 1.53 bits per heavy atom. The zero-order chi connectivity index (χ0) is 11.6. The van der Waals surface area contributed by atoms with Gasteiger partial charge in [0.25, 0.3) is 0 Å². The molecule has 1 fully saturated rings. The topological polar surface area (TPSA) is 55.6 Å². The van der Waals surface area contributed by atoms with E-state index in [9.17, 15) is 4.79 Å². The Labute approximate surface area is 91.8 Å². The molecule has 88 valence electrons. The summed E-state index contributed by atoms with van der Waals surface area (Å²) in [7, 11) is 1.68. The van der Waals surface area contributed by atoms with Gasteiger partial charge in [-0.2, -0.15) is 0 Å². The van der Waals surface area contributed by atoms with E-state index in [1.807, 2.05) is 25.7 Å². The maximum absolute atomic E-state index is 12.0. The van der Waals surface area contributed by atoms with Crippen LogP contribution in [0, 0.1) is 5.41 Å². The van der Waals surface area contributed by atoms with Crippen LogP contribution >= 0.6 is 0 Å². The van der Waals surface area contributed by atoms with Gasteiger partial charge in [-0.15, -0.1) is 0 Å². The van der Waals surface area contributed by atoms with Crippen LogP contribution in [-0.4, -0.2) is 43.2 Å². The number of nitrogens with zero attached hydrogens (tertiary/aromatic N) is 1. The van der Waals surface area contributed by atoms with Crippen molar-refractivity contribution in [2.75, 3.05) is 20.2 Å². The van der Waals surface area contributed by atoms with Crippen LogP contribution in [0.3, 0.4) is 0 Å². The standard InChI is InChI=1S/C11H22N2O2/c1-11(2,3)9(12)10(14)13-6-5-8(7-13)15-4/h8-9H,5-7,12H2,1-4H3/t8-,9+/m0/s1. The van der Waals surface area contributed by atoms with Gasteiger partial charge < -0.3 is 15.4 Å². The van der Waals surface area contributed by atoms with E-state index in [4.69, 9.17) is 10.5 Å². The molecule has 2 N–H and O–H groups in total. The number of ether oxygens (including phenoxy) is 1. The smallest absolute Gasteiger partial charge is 0.240 e. The fraction of sp³-hybridized carbons (Fsp3) is 0.909. The first-order valence-electron chi connectivity index (χ1n) is 5.43. The summed E-state index contributed by atoms with van der Waals surface area (Å²) in [6, 6.07) is -0.423. The first-order valence-corrected chi connectivity index (χ1v) is 5.43. The molecule has 1 rings (SSSR count). The van der Waals surface area contributed by atoms with Crippen LogP contribution in [0.15, 0.2) is 0 Å². The van der Waals surface area contributed by atoms with Crippen molar-refractivity contribution in [3.05, 3.63) is 0 Å². The van der Waals surface area contributed by atoms with E-state index in [2.05, 4.69) is 0 Å². The fourth-order valence-electron chi connectivity index (χ4n) is 1.69. The summed E-state index contributed by atoms with van der Waals surface area (Å²) >= 11 is 0. The SMILES string of the molecule is CO[C@H]1CCN(C(=O)[C@@H](N)C(C)(C)C)C1. The first kappa shape index (κ1) is 12.5. The van der Waals surface area contributed by atoms with E-state index in [0.717, 1.165) is 13.0 Å². The van der Waals surface area contributed by atoms with Crippen molar-refractivity contribution in [2.45, 2.75) is 39.3 Å². The van der Waals surface area contributed by atoms with E-state index < -0.39 is 6.04 Å². The van der Waals surface area contributed by atoms with Crippen molar-refractivity contribution in [2.24, 2.45) is 11.1 Å². The molecule has 0 saturated carbocycles. The van der Waals surface area contributed by atoms with E-state index in [1.54, 1.807) is 7.11 Å². The highest BCUT2D eigenvalue weighted by molar-refractivity contribution is 5.82. The summed E-state index contributed by atoms with van der Waals surface area (Å²) in [4.78, 5) is 13.8. The van der Waals surface area contributed by atoms with Gasteiger partial charge >= 0.3 is 0 Å². The Hall–Kier alpha value is -0.610. The quantitative estimate of drug-likeness (QED) is 0.732. The Bertz CT molecular complexity index is 235. The number of amides is 1. The minimum absolute atomic E-state index is 0.0436. The van der Waals surface area contributed by atoms with Crippen LogP contribution in [0.2, 0.25) is 0 Å². The number of likely N-dealkylation sites (tertiary alicyclic amines) is 1. The molecule has 0 aromatic rings. The molecule has 1 aliphatic heterocycles. The van der Waals surface area contributed by atoms with Gasteiger partial charge in [0.05, 0.1) is 12.1 Å². The van der Waals surface area contributed by atoms with E-state index >= 15 is 0 Å². The number of carbonyl (C=O) groups is 1. The molecule has 0 unspecified atom stereocenters. The monoisotopic (exact) mass is 214 g/mol. The van der Waals surface area contributed by atoms with Gasteiger partial charge in [0.1, 0.15) is 0 Å². The molecular formula is C11H22N2O2. The largest absolute Gasteiger partial charge is 0.380 e. The van der Waals surface area contributed by atoms with Gasteiger partial charge in [-0.3, -0.25) is 4.79 Å². The fourth-order valence-corrected chi connectivity index (χ4v) is 1.69. The van der Waals surface area contributed by atoms with Crippen molar-refractivity contribution in [3.8, 4) is 0 Å². The predicted octanol–water partition coefficient (Wildman–Crippen LogP) is 0.607. The molecule has 1 heterocycles. The Morgan fingerprint density at radius 2 is 2.13 bits per heavy atom. The van der Waals surface area contributed by atoms with Gasteiger partial charge in [-0.1, -0.05) is 20.8 Å². The maximum Gasteiger partial charge on any atom is 0.240 e. The summed E-state index contributed by atoms with van der Waals surface area (Å²) in [5.74, 6) is 0.0436. The molecule has 0 radical (unpaired) electrons. The van der Waals surface area contributed by atoms with E-state index in [0.29, 0.717) is 6.54 Å². The van der Waals surface area contributed by atoms with Crippen LogP contribution in [-0.2, 0) is 9.53 Å². The highest BCUT2D eigenvalue weighted by atomic mass is 16.5. The highest BCUT2D eigenvalue weighted by Crippen LogP contribution is 2.21. The average Bonchev–Trinajstić information content (AvgIpc) is 2.62.